The highest BCUT2D eigenvalue weighted by Crippen LogP contribution is 2.23. The third-order valence-corrected chi connectivity index (χ3v) is 4.97. The minimum Gasteiger partial charge on any atom is -0.463 e. The zero-order valence-corrected chi connectivity index (χ0v) is 16.6. The van der Waals surface area contributed by atoms with Crippen molar-refractivity contribution in [1.29, 1.82) is 0 Å². The van der Waals surface area contributed by atoms with E-state index >= 15 is 0 Å². The Bertz CT molecular complexity index is 962. The van der Waals surface area contributed by atoms with Crippen LogP contribution in [0.15, 0.2) is 28.7 Å². The van der Waals surface area contributed by atoms with Crippen LogP contribution in [0.5, 0.6) is 0 Å². The van der Waals surface area contributed by atoms with Crippen molar-refractivity contribution in [2.45, 2.75) is 26.4 Å². The third-order valence-electron chi connectivity index (χ3n) is 4.97. The summed E-state index contributed by atoms with van der Waals surface area (Å²) in [5.41, 5.74) is 0.375. The van der Waals surface area contributed by atoms with Crippen LogP contribution in [0.3, 0.4) is 0 Å². The highest BCUT2D eigenvalue weighted by atomic mass is 19.1. The molecule has 1 aliphatic heterocycles. The van der Waals surface area contributed by atoms with Gasteiger partial charge in [-0.2, -0.15) is 0 Å². The Morgan fingerprint density at radius 2 is 1.87 bits per heavy atom. The maximum atomic E-state index is 13.8. The lowest BCUT2D eigenvalue weighted by molar-refractivity contribution is -0.151. The summed E-state index contributed by atoms with van der Waals surface area (Å²) >= 11 is 0. The van der Waals surface area contributed by atoms with Gasteiger partial charge in [0.1, 0.15) is 24.0 Å². The van der Waals surface area contributed by atoms with Crippen molar-refractivity contribution in [2.75, 3.05) is 20.2 Å². The largest absolute Gasteiger partial charge is 0.463 e. The number of ether oxygens (including phenoxy) is 2. The predicted molar refractivity (Wildman–Crippen MR) is 99.6 cm³/mol. The Morgan fingerprint density at radius 1 is 1.17 bits per heavy atom. The van der Waals surface area contributed by atoms with Gasteiger partial charge in [0.15, 0.2) is 0 Å². The summed E-state index contributed by atoms with van der Waals surface area (Å²) in [4.78, 5) is 37.8. The molecule has 1 aliphatic rings. The Balaban J connectivity index is 1.52. The molecule has 160 valence electrons. The summed E-state index contributed by atoms with van der Waals surface area (Å²) in [6.45, 7) is 2.05. The molecule has 1 amide bonds. The van der Waals surface area contributed by atoms with Crippen molar-refractivity contribution in [1.82, 2.24) is 4.90 Å². The van der Waals surface area contributed by atoms with E-state index < -0.39 is 35.4 Å². The predicted octanol–water partition coefficient (Wildman–Crippen LogP) is 3.25. The first-order chi connectivity index (χ1) is 14.3. The molecule has 0 saturated carbocycles. The van der Waals surface area contributed by atoms with Gasteiger partial charge in [-0.1, -0.05) is 0 Å². The molecule has 0 spiro atoms. The van der Waals surface area contributed by atoms with Gasteiger partial charge in [0.2, 0.25) is 5.76 Å². The van der Waals surface area contributed by atoms with Crippen molar-refractivity contribution < 1.29 is 37.1 Å². The highest BCUT2D eigenvalue weighted by Gasteiger charge is 2.30. The van der Waals surface area contributed by atoms with Crippen LogP contribution in [0.1, 0.15) is 45.1 Å². The number of nitrogens with zero attached hydrogens (tertiary/aromatic N) is 1. The number of likely N-dealkylation sites (tertiary alicyclic amines) is 1. The summed E-state index contributed by atoms with van der Waals surface area (Å²) in [6.07, 6.45) is 0.718. The molecular formula is C21H21F2NO6. The molecule has 3 rings (SSSR count). The minimum atomic E-state index is -0.915. The molecule has 0 radical (unpaired) electrons. The smallest absolute Gasteiger partial charge is 0.374 e. The van der Waals surface area contributed by atoms with Crippen molar-refractivity contribution >= 4 is 17.8 Å². The summed E-state index contributed by atoms with van der Waals surface area (Å²) in [7, 11) is 1.24. The number of aryl methyl sites for hydroxylation is 1. The van der Waals surface area contributed by atoms with E-state index in [1.807, 2.05) is 0 Å². The van der Waals surface area contributed by atoms with Gasteiger partial charge in [-0.05, 0) is 38.0 Å². The number of piperidine rings is 1. The maximum Gasteiger partial charge on any atom is 0.374 e. The van der Waals surface area contributed by atoms with Crippen LogP contribution in [0, 0.1) is 24.5 Å². The van der Waals surface area contributed by atoms with E-state index in [9.17, 15) is 23.2 Å². The Labute approximate surface area is 171 Å². The van der Waals surface area contributed by atoms with E-state index in [0.29, 0.717) is 30.2 Å². The first-order valence-corrected chi connectivity index (χ1v) is 9.38. The van der Waals surface area contributed by atoms with Crippen LogP contribution >= 0.6 is 0 Å². The molecule has 0 atom stereocenters. The van der Waals surface area contributed by atoms with Gasteiger partial charge in [0.25, 0.3) is 5.91 Å². The lowest BCUT2D eigenvalue weighted by atomic mass is 9.96. The molecule has 7 nitrogen and oxygen atoms in total. The SMILES string of the molecule is COC(=O)c1oc(COC(=O)C2CCN(C(=O)c3ccc(F)cc3F)CC2)cc1C. The number of hydrogen-bond acceptors (Lipinski definition) is 6. The van der Waals surface area contributed by atoms with Crippen LogP contribution < -0.4 is 0 Å². The second-order valence-electron chi connectivity index (χ2n) is 7.01. The van der Waals surface area contributed by atoms with E-state index in [0.717, 1.165) is 12.1 Å². The summed E-state index contributed by atoms with van der Waals surface area (Å²) in [6, 6.07) is 4.40. The first-order valence-electron chi connectivity index (χ1n) is 9.38. The zero-order chi connectivity index (χ0) is 21.8. The molecule has 2 heterocycles. The number of benzene rings is 1. The van der Waals surface area contributed by atoms with Crippen molar-refractivity contribution in [2.24, 2.45) is 5.92 Å². The van der Waals surface area contributed by atoms with Gasteiger partial charge in [-0.3, -0.25) is 9.59 Å². The topological polar surface area (TPSA) is 86.1 Å². The quantitative estimate of drug-likeness (QED) is 0.689. The molecule has 0 aliphatic carbocycles. The molecule has 1 saturated heterocycles. The normalized spacial score (nSPS) is 14.5. The number of hydrogen-bond donors (Lipinski definition) is 0. The number of methoxy groups -OCH3 is 1. The van der Waals surface area contributed by atoms with Gasteiger partial charge in [0, 0.05) is 24.7 Å². The third kappa shape index (κ3) is 4.67. The molecular weight excluding hydrogens is 400 g/mol. The summed E-state index contributed by atoms with van der Waals surface area (Å²) in [5.74, 6) is -3.30. The fourth-order valence-corrected chi connectivity index (χ4v) is 3.33. The van der Waals surface area contributed by atoms with Crippen molar-refractivity contribution in [3.05, 3.63) is 58.5 Å². The minimum absolute atomic E-state index is 0.0587. The Hall–Kier alpha value is -3.23. The monoisotopic (exact) mass is 421 g/mol. The number of amides is 1. The average molecular weight is 421 g/mol. The molecule has 1 fully saturated rings. The second kappa shape index (κ2) is 9.06. The van der Waals surface area contributed by atoms with Gasteiger partial charge in [-0.25, -0.2) is 13.6 Å². The Kier molecular flexibility index (Phi) is 6.49. The number of carbonyl (C=O) groups is 3. The molecule has 1 aromatic heterocycles. The molecule has 1 aromatic carbocycles. The van der Waals surface area contributed by atoms with Crippen molar-refractivity contribution in [3.63, 3.8) is 0 Å². The van der Waals surface area contributed by atoms with Crippen LogP contribution in [0.25, 0.3) is 0 Å². The second-order valence-corrected chi connectivity index (χ2v) is 7.01. The number of halogens is 2. The number of furan rings is 1. The lowest BCUT2D eigenvalue weighted by Crippen LogP contribution is -2.41. The lowest BCUT2D eigenvalue weighted by Gasteiger charge is -2.31. The van der Waals surface area contributed by atoms with Crippen molar-refractivity contribution in [3.8, 4) is 0 Å². The zero-order valence-electron chi connectivity index (χ0n) is 16.6. The molecule has 0 unspecified atom stereocenters. The van der Waals surface area contributed by atoms with Gasteiger partial charge >= 0.3 is 11.9 Å². The van der Waals surface area contributed by atoms with Crippen LogP contribution in [-0.2, 0) is 20.9 Å². The number of esters is 2. The van der Waals surface area contributed by atoms with Crippen LogP contribution in [0.4, 0.5) is 8.78 Å². The molecule has 0 bridgehead atoms. The van der Waals surface area contributed by atoms with Crippen LogP contribution in [0.2, 0.25) is 0 Å². The average Bonchev–Trinajstić information content (AvgIpc) is 3.11. The van der Waals surface area contributed by atoms with Gasteiger partial charge < -0.3 is 18.8 Å². The van der Waals surface area contributed by atoms with Crippen LogP contribution in [-0.4, -0.2) is 42.9 Å². The molecule has 30 heavy (non-hydrogen) atoms. The van der Waals surface area contributed by atoms with E-state index in [-0.39, 0.29) is 31.0 Å². The number of rotatable bonds is 5. The number of carbonyl (C=O) groups excluding carboxylic acids is 3. The van der Waals surface area contributed by atoms with E-state index in [1.54, 1.807) is 13.0 Å². The van der Waals surface area contributed by atoms with E-state index in [4.69, 9.17) is 9.15 Å². The molecule has 0 N–H and O–H groups in total. The van der Waals surface area contributed by atoms with Gasteiger partial charge in [-0.15, -0.1) is 0 Å². The molecule has 9 heteroatoms. The Morgan fingerprint density at radius 3 is 2.50 bits per heavy atom. The first kappa shape index (κ1) is 21.5. The van der Waals surface area contributed by atoms with Gasteiger partial charge in [0.05, 0.1) is 18.6 Å². The summed E-state index contributed by atoms with van der Waals surface area (Å²) in [5, 5.41) is 0. The van der Waals surface area contributed by atoms with E-state index in [2.05, 4.69) is 4.74 Å². The maximum absolute atomic E-state index is 13.8. The fraction of sp³-hybridized carbons (Fsp3) is 0.381. The highest BCUT2D eigenvalue weighted by molar-refractivity contribution is 5.94. The van der Waals surface area contributed by atoms with E-state index in [1.165, 1.54) is 12.0 Å². The fourth-order valence-electron chi connectivity index (χ4n) is 3.33. The summed E-state index contributed by atoms with van der Waals surface area (Å²) < 4.78 is 42.1. The molecule has 2 aromatic rings. The standard InChI is InChI=1S/C21H21F2NO6/c1-12-9-15(30-18(12)21(27)28-2)11-29-20(26)13-5-7-24(8-6-13)19(25)16-4-3-14(22)10-17(16)23/h3-4,9-10,13H,5-8,11H2,1-2H3.